The van der Waals surface area contributed by atoms with E-state index in [9.17, 15) is 9.59 Å². The molecule has 0 aromatic heterocycles. The highest BCUT2D eigenvalue weighted by molar-refractivity contribution is 5.77. The lowest BCUT2D eigenvalue weighted by Crippen LogP contribution is -2.35. The first kappa shape index (κ1) is 17.8. The highest BCUT2D eigenvalue weighted by atomic mass is 16.5. The van der Waals surface area contributed by atoms with Crippen molar-refractivity contribution in [3.63, 3.8) is 0 Å². The van der Waals surface area contributed by atoms with Crippen molar-refractivity contribution in [3.05, 3.63) is 23.8 Å². The molecule has 0 saturated heterocycles. The van der Waals surface area contributed by atoms with Gasteiger partial charge in [-0.25, -0.2) is 0 Å². The van der Waals surface area contributed by atoms with Gasteiger partial charge < -0.3 is 19.5 Å². The van der Waals surface area contributed by atoms with Crippen molar-refractivity contribution in [2.75, 3.05) is 20.8 Å². The van der Waals surface area contributed by atoms with Crippen molar-refractivity contribution < 1.29 is 23.8 Å². The number of aryl methyl sites for hydroxylation is 1. The van der Waals surface area contributed by atoms with Gasteiger partial charge in [0.25, 0.3) is 0 Å². The minimum Gasteiger partial charge on any atom is -0.493 e. The van der Waals surface area contributed by atoms with Gasteiger partial charge in [-0.3, -0.25) is 9.59 Å². The Morgan fingerprint density at radius 3 is 2.59 bits per heavy atom. The Bertz CT molecular complexity index is 515. The molecule has 0 aliphatic heterocycles. The number of methoxy groups -OCH3 is 2. The number of hydrogen-bond acceptors (Lipinski definition) is 5. The second-order valence-corrected chi connectivity index (χ2v) is 5.00. The van der Waals surface area contributed by atoms with Crippen LogP contribution < -0.4 is 14.8 Å². The van der Waals surface area contributed by atoms with Gasteiger partial charge in [0.1, 0.15) is 0 Å². The molecule has 1 rings (SSSR count). The van der Waals surface area contributed by atoms with Crippen molar-refractivity contribution in [2.24, 2.45) is 0 Å². The first-order chi connectivity index (χ1) is 10.5. The van der Waals surface area contributed by atoms with Crippen LogP contribution in [0.2, 0.25) is 0 Å². The number of nitrogens with one attached hydrogen (secondary N) is 1. The Morgan fingerprint density at radius 1 is 1.23 bits per heavy atom. The SMILES string of the molecule is COC(=O)CC(C)NC(=O)CCOc1ccc(C)cc1OC. The second kappa shape index (κ2) is 8.92. The van der Waals surface area contributed by atoms with Gasteiger partial charge in [0.05, 0.1) is 33.7 Å². The molecule has 1 aromatic rings. The molecule has 0 heterocycles. The van der Waals surface area contributed by atoms with E-state index >= 15 is 0 Å². The fourth-order valence-corrected chi connectivity index (χ4v) is 1.88. The summed E-state index contributed by atoms with van der Waals surface area (Å²) in [7, 11) is 2.89. The van der Waals surface area contributed by atoms with E-state index in [0.29, 0.717) is 11.5 Å². The zero-order valence-corrected chi connectivity index (χ0v) is 13.5. The summed E-state index contributed by atoms with van der Waals surface area (Å²) < 4.78 is 15.3. The molecule has 1 atom stereocenters. The van der Waals surface area contributed by atoms with Crippen LogP contribution in [0.1, 0.15) is 25.3 Å². The summed E-state index contributed by atoms with van der Waals surface area (Å²) >= 11 is 0. The fourth-order valence-electron chi connectivity index (χ4n) is 1.88. The molecule has 1 unspecified atom stereocenters. The third-order valence-electron chi connectivity index (χ3n) is 3.01. The molecule has 22 heavy (non-hydrogen) atoms. The number of amides is 1. The van der Waals surface area contributed by atoms with Crippen LogP contribution >= 0.6 is 0 Å². The molecule has 0 aliphatic rings. The number of rotatable bonds is 8. The van der Waals surface area contributed by atoms with Crippen LogP contribution in [0.3, 0.4) is 0 Å². The second-order valence-electron chi connectivity index (χ2n) is 5.00. The summed E-state index contributed by atoms with van der Waals surface area (Å²) in [6, 6.07) is 5.32. The van der Waals surface area contributed by atoms with Crippen molar-refractivity contribution in [1.29, 1.82) is 0 Å². The third kappa shape index (κ3) is 6.03. The molecule has 0 fully saturated rings. The molecule has 0 saturated carbocycles. The maximum atomic E-state index is 11.7. The molecule has 1 aromatic carbocycles. The van der Waals surface area contributed by atoms with E-state index < -0.39 is 0 Å². The van der Waals surface area contributed by atoms with E-state index in [-0.39, 0.29) is 37.4 Å². The highest BCUT2D eigenvalue weighted by Crippen LogP contribution is 2.27. The molecule has 6 nitrogen and oxygen atoms in total. The van der Waals surface area contributed by atoms with E-state index in [2.05, 4.69) is 10.1 Å². The van der Waals surface area contributed by atoms with Gasteiger partial charge in [0.15, 0.2) is 11.5 Å². The van der Waals surface area contributed by atoms with Gasteiger partial charge in [-0.05, 0) is 31.5 Å². The third-order valence-corrected chi connectivity index (χ3v) is 3.01. The van der Waals surface area contributed by atoms with Gasteiger partial charge in [-0.1, -0.05) is 6.07 Å². The van der Waals surface area contributed by atoms with Crippen LogP contribution in [0.5, 0.6) is 11.5 Å². The first-order valence-corrected chi connectivity index (χ1v) is 7.10. The van der Waals surface area contributed by atoms with Crippen LogP contribution in [0, 0.1) is 6.92 Å². The lowest BCUT2D eigenvalue weighted by atomic mass is 10.2. The van der Waals surface area contributed by atoms with E-state index in [1.54, 1.807) is 14.0 Å². The van der Waals surface area contributed by atoms with Crippen LogP contribution in [0.15, 0.2) is 18.2 Å². The maximum Gasteiger partial charge on any atom is 0.307 e. The molecule has 0 bridgehead atoms. The van der Waals surface area contributed by atoms with E-state index in [0.717, 1.165) is 5.56 Å². The van der Waals surface area contributed by atoms with Crippen molar-refractivity contribution in [3.8, 4) is 11.5 Å². The molecule has 1 N–H and O–H groups in total. The zero-order valence-electron chi connectivity index (χ0n) is 13.5. The number of carbonyl (C=O) groups is 2. The minimum atomic E-state index is -0.353. The summed E-state index contributed by atoms with van der Waals surface area (Å²) in [5.74, 6) is 0.707. The van der Waals surface area contributed by atoms with Crippen LogP contribution in [0.4, 0.5) is 0 Å². The van der Waals surface area contributed by atoms with Gasteiger partial charge in [-0.2, -0.15) is 0 Å². The first-order valence-electron chi connectivity index (χ1n) is 7.10. The summed E-state index contributed by atoms with van der Waals surface area (Å²) in [5, 5.41) is 2.72. The number of esters is 1. The number of ether oxygens (including phenoxy) is 3. The van der Waals surface area contributed by atoms with Crippen LogP contribution in [-0.4, -0.2) is 38.7 Å². The summed E-state index contributed by atoms with van der Waals surface area (Å²) in [5.41, 5.74) is 1.07. The lowest BCUT2D eigenvalue weighted by molar-refractivity contribution is -0.141. The number of hydrogen-bond donors (Lipinski definition) is 1. The van der Waals surface area contributed by atoms with Gasteiger partial charge in [0, 0.05) is 6.04 Å². The lowest BCUT2D eigenvalue weighted by Gasteiger charge is -2.14. The molecule has 122 valence electrons. The zero-order chi connectivity index (χ0) is 16.5. The predicted octanol–water partition coefficient (Wildman–Crippen LogP) is 1.84. The predicted molar refractivity (Wildman–Crippen MR) is 82.1 cm³/mol. The molecular weight excluding hydrogens is 286 g/mol. The van der Waals surface area contributed by atoms with E-state index in [1.165, 1.54) is 7.11 Å². The largest absolute Gasteiger partial charge is 0.493 e. The average Bonchev–Trinajstić information content (AvgIpc) is 2.48. The Morgan fingerprint density at radius 2 is 1.95 bits per heavy atom. The van der Waals surface area contributed by atoms with Crippen LogP contribution in [-0.2, 0) is 14.3 Å². The van der Waals surface area contributed by atoms with E-state index in [4.69, 9.17) is 9.47 Å². The molecule has 0 radical (unpaired) electrons. The smallest absolute Gasteiger partial charge is 0.307 e. The van der Waals surface area contributed by atoms with Crippen molar-refractivity contribution in [2.45, 2.75) is 32.7 Å². The van der Waals surface area contributed by atoms with Gasteiger partial charge in [-0.15, -0.1) is 0 Å². The normalized spacial score (nSPS) is 11.5. The van der Waals surface area contributed by atoms with Gasteiger partial charge in [0.2, 0.25) is 5.91 Å². The Kier molecular flexibility index (Phi) is 7.22. The quantitative estimate of drug-likeness (QED) is 0.742. The number of benzene rings is 1. The standard InChI is InChI=1S/C16H23NO5/c1-11-5-6-13(14(9-11)20-3)22-8-7-15(18)17-12(2)10-16(19)21-4/h5-6,9,12H,7-8,10H2,1-4H3,(H,17,18). The monoisotopic (exact) mass is 309 g/mol. The average molecular weight is 309 g/mol. The fraction of sp³-hybridized carbons (Fsp3) is 0.500. The summed E-state index contributed by atoms with van der Waals surface area (Å²) in [4.78, 5) is 22.8. The summed E-state index contributed by atoms with van der Waals surface area (Å²) in [6.45, 7) is 3.94. The molecule has 1 amide bonds. The minimum absolute atomic E-state index is 0.148. The van der Waals surface area contributed by atoms with Crippen molar-refractivity contribution in [1.82, 2.24) is 5.32 Å². The topological polar surface area (TPSA) is 73.9 Å². The van der Waals surface area contributed by atoms with Gasteiger partial charge >= 0.3 is 5.97 Å². The molecule has 0 aliphatic carbocycles. The molecule has 0 spiro atoms. The Hall–Kier alpha value is -2.24. The Balaban J connectivity index is 2.38. The van der Waals surface area contributed by atoms with E-state index in [1.807, 2.05) is 25.1 Å². The highest BCUT2D eigenvalue weighted by Gasteiger charge is 2.12. The molecule has 6 heteroatoms. The Labute approximate surface area is 130 Å². The summed E-state index contributed by atoms with van der Waals surface area (Å²) in [6.07, 6.45) is 0.345. The molecular formula is C16H23NO5. The van der Waals surface area contributed by atoms with Crippen LogP contribution in [0.25, 0.3) is 0 Å². The van der Waals surface area contributed by atoms with Crippen molar-refractivity contribution >= 4 is 11.9 Å². The maximum absolute atomic E-state index is 11.7. The number of carbonyl (C=O) groups excluding carboxylic acids is 2.